The van der Waals surface area contributed by atoms with Gasteiger partial charge in [0.05, 0.1) is 11.3 Å². The van der Waals surface area contributed by atoms with Crippen molar-refractivity contribution >= 4 is 11.7 Å². The molecule has 3 heterocycles. The van der Waals surface area contributed by atoms with Crippen LogP contribution in [-0.4, -0.2) is 58.8 Å². The zero-order valence-corrected chi connectivity index (χ0v) is 18.4. The van der Waals surface area contributed by atoms with E-state index in [0.717, 1.165) is 38.9 Å². The summed E-state index contributed by atoms with van der Waals surface area (Å²) in [6, 6.07) is 7.07. The first kappa shape index (κ1) is 22.3. The minimum Gasteiger partial charge on any atom is -0.352 e. The summed E-state index contributed by atoms with van der Waals surface area (Å²) in [5.74, 6) is -0.291. The summed E-state index contributed by atoms with van der Waals surface area (Å²) in [6.07, 6.45) is 4.76. The van der Waals surface area contributed by atoms with Crippen LogP contribution in [0.3, 0.4) is 0 Å². The number of aryl methyl sites for hydroxylation is 1. The normalized spacial score (nSPS) is 20.1. The molecule has 1 aromatic carbocycles. The van der Waals surface area contributed by atoms with E-state index in [9.17, 15) is 18.9 Å². The van der Waals surface area contributed by atoms with E-state index in [0.29, 0.717) is 36.3 Å². The van der Waals surface area contributed by atoms with Crippen molar-refractivity contribution in [2.45, 2.75) is 31.7 Å². The maximum Gasteiger partial charge on any atom is 0.255 e. The van der Waals surface area contributed by atoms with Gasteiger partial charge in [0.15, 0.2) is 5.78 Å². The van der Waals surface area contributed by atoms with Crippen molar-refractivity contribution in [2.24, 2.45) is 18.1 Å². The van der Waals surface area contributed by atoms with Crippen LogP contribution in [0.25, 0.3) is 0 Å². The molecule has 1 atom stereocenters. The molecule has 170 valence electrons. The van der Waals surface area contributed by atoms with Crippen molar-refractivity contribution in [1.82, 2.24) is 14.4 Å². The molecule has 4 rings (SSSR count). The van der Waals surface area contributed by atoms with E-state index in [4.69, 9.17) is 0 Å². The summed E-state index contributed by atoms with van der Waals surface area (Å²) in [5, 5.41) is 3.25. The zero-order valence-electron chi connectivity index (χ0n) is 18.4. The number of aromatic nitrogens is 1. The van der Waals surface area contributed by atoms with Gasteiger partial charge in [-0.2, -0.15) is 4.91 Å². The Balaban J connectivity index is 1.26. The number of carbonyl (C=O) groups is 2. The zero-order chi connectivity index (χ0) is 22.7. The Hall–Kier alpha value is -2.87. The molecular weight excluding hydrogens is 411 g/mol. The highest BCUT2D eigenvalue weighted by Crippen LogP contribution is 2.30. The Morgan fingerprint density at radius 3 is 2.47 bits per heavy atom. The number of piperidine rings is 1. The number of fused-ring (bicyclic) bond motifs is 1. The second-order valence-electron chi connectivity index (χ2n) is 8.77. The van der Waals surface area contributed by atoms with Gasteiger partial charge in [0.2, 0.25) is 0 Å². The minimum absolute atomic E-state index is 0.0202. The third kappa shape index (κ3) is 4.65. The number of amides is 1. The van der Waals surface area contributed by atoms with Gasteiger partial charge in [-0.05, 0) is 75.6 Å². The predicted octanol–water partition coefficient (Wildman–Crippen LogP) is 3.80. The second kappa shape index (κ2) is 9.73. The average Bonchev–Trinajstić information content (AvgIpc) is 3.13. The maximum atomic E-state index is 13.1. The lowest BCUT2D eigenvalue weighted by atomic mass is 9.89. The molecule has 8 heteroatoms. The summed E-state index contributed by atoms with van der Waals surface area (Å²) >= 11 is 0. The number of halogens is 1. The van der Waals surface area contributed by atoms with E-state index in [1.165, 1.54) is 12.1 Å². The second-order valence-corrected chi connectivity index (χ2v) is 8.77. The highest BCUT2D eigenvalue weighted by molar-refractivity contribution is 5.98. The van der Waals surface area contributed by atoms with E-state index < -0.39 is 6.04 Å². The summed E-state index contributed by atoms with van der Waals surface area (Å²) in [6.45, 7) is 3.70. The number of hydrogen-bond acceptors (Lipinski definition) is 5. The van der Waals surface area contributed by atoms with Crippen molar-refractivity contribution in [3.8, 4) is 0 Å². The fraction of sp³-hybridized carbons (Fsp3) is 0.500. The lowest BCUT2D eigenvalue weighted by Crippen LogP contribution is -2.39. The van der Waals surface area contributed by atoms with Crippen LogP contribution in [0.1, 0.15) is 58.1 Å². The number of rotatable bonds is 7. The quantitative estimate of drug-likeness (QED) is 0.485. The number of benzene rings is 1. The topological polar surface area (TPSA) is 75.0 Å². The SMILES string of the molecule is Cn1ccc2c1C(N=O)CCN(CCCN1CCC(C(=O)c3ccc(F)cc3)CC1)C2=O. The molecule has 1 unspecified atom stereocenters. The Morgan fingerprint density at radius 1 is 1.06 bits per heavy atom. The van der Waals surface area contributed by atoms with Crippen LogP contribution >= 0.6 is 0 Å². The molecule has 1 aromatic heterocycles. The van der Waals surface area contributed by atoms with Crippen molar-refractivity contribution in [2.75, 3.05) is 32.7 Å². The van der Waals surface area contributed by atoms with Gasteiger partial charge >= 0.3 is 0 Å². The molecule has 0 spiro atoms. The summed E-state index contributed by atoms with van der Waals surface area (Å²) in [4.78, 5) is 41.1. The van der Waals surface area contributed by atoms with Crippen LogP contribution in [0.2, 0.25) is 0 Å². The van der Waals surface area contributed by atoms with E-state index >= 15 is 0 Å². The molecular formula is C24H29FN4O3. The number of carbonyl (C=O) groups excluding carboxylic acids is 2. The monoisotopic (exact) mass is 440 g/mol. The number of likely N-dealkylation sites (tertiary alicyclic amines) is 1. The lowest BCUT2D eigenvalue weighted by Gasteiger charge is -2.32. The molecule has 0 saturated carbocycles. The molecule has 0 radical (unpaired) electrons. The molecule has 1 saturated heterocycles. The van der Waals surface area contributed by atoms with Crippen molar-refractivity contribution in [1.29, 1.82) is 0 Å². The molecule has 2 aliphatic heterocycles. The third-order valence-corrected chi connectivity index (χ3v) is 6.74. The first-order valence-corrected chi connectivity index (χ1v) is 11.3. The van der Waals surface area contributed by atoms with Crippen molar-refractivity contribution < 1.29 is 14.0 Å². The van der Waals surface area contributed by atoms with Gasteiger partial charge in [0.25, 0.3) is 5.91 Å². The van der Waals surface area contributed by atoms with E-state index in [1.54, 1.807) is 18.2 Å². The van der Waals surface area contributed by atoms with E-state index in [-0.39, 0.29) is 23.4 Å². The summed E-state index contributed by atoms with van der Waals surface area (Å²) < 4.78 is 14.9. The molecule has 0 aliphatic carbocycles. The lowest BCUT2D eigenvalue weighted by molar-refractivity contribution is 0.0738. The maximum absolute atomic E-state index is 13.1. The largest absolute Gasteiger partial charge is 0.352 e. The number of nitroso groups, excluding NO2 is 1. The fourth-order valence-corrected chi connectivity index (χ4v) is 4.89. The number of Topliss-reactive ketones (excluding diaryl/α,β-unsaturated/α-hetero) is 1. The molecule has 1 amide bonds. The van der Waals surface area contributed by atoms with Gasteiger partial charge in [0, 0.05) is 37.8 Å². The van der Waals surface area contributed by atoms with Gasteiger partial charge in [-0.3, -0.25) is 9.59 Å². The summed E-state index contributed by atoms with van der Waals surface area (Å²) in [7, 11) is 1.84. The molecule has 0 bridgehead atoms. The average molecular weight is 441 g/mol. The highest BCUT2D eigenvalue weighted by Gasteiger charge is 2.31. The highest BCUT2D eigenvalue weighted by atomic mass is 19.1. The molecule has 0 N–H and O–H groups in total. The van der Waals surface area contributed by atoms with Gasteiger partial charge in [-0.25, -0.2) is 4.39 Å². The number of nitrogens with zero attached hydrogens (tertiary/aromatic N) is 4. The molecule has 2 aromatic rings. The Labute approximate surface area is 187 Å². The van der Waals surface area contributed by atoms with Gasteiger partial charge in [-0.1, -0.05) is 5.18 Å². The van der Waals surface area contributed by atoms with Gasteiger partial charge in [-0.15, -0.1) is 0 Å². The summed E-state index contributed by atoms with van der Waals surface area (Å²) in [5.41, 5.74) is 1.86. The van der Waals surface area contributed by atoms with E-state index in [2.05, 4.69) is 10.1 Å². The fourth-order valence-electron chi connectivity index (χ4n) is 4.89. The molecule has 2 aliphatic rings. The van der Waals surface area contributed by atoms with Crippen LogP contribution in [0.4, 0.5) is 4.39 Å². The smallest absolute Gasteiger partial charge is 0.255 e. The van der Waals surface area contributed by atoms with Crippen LogP contribution in [0.15, 0.2) is 41.7 Å². The first-order chi connectivity index (χ1) is 15.5. The van der Waals surface area contributed by atoms with Crippen molar-refractivity contribution in [3.05, 3.63) is 64.1 Å². The third-order valence-electron chi connectivity index (χ3n) is 6.74. The standard InChI is InChI=1S/C24H29FN4O3/c1-27-13-9-20-22(27)21(26-32)10-16-29(24(20)31)12-2-11-28-14-7-18(8-15-28)23(30)17-3-5-19(25)6-4-17/h3-6,9,13,18,21H,2,7-8,10-12,14-16H2,1H3. The molecule has 7 nitrogen and oxygen atoms in total. The van der Waals surface area contributed by atoms with Crippen LogP contribution in [0.5, 0.6) is 0 Å². The molecule has 1 fully saturated rings. The van der Waals surface area contributed by atoms with Gasteiger partial charge < -0.3 is 14.4 Å². The van der Waals surface area contributed by atoms with Crippen LogP contribution in [0, 0.1) is 16.6 Å². The van der Waals surface area contributed by atoms with Crippen LogP contribution < -0.4 is 0 Å². The Morgan fingerprint density at radius 2 is 1.78 bits per heavy atom. The number of ketones is 1. The van der Waals surface area contributed by atoms with Crippen molar-refractivity contribution in [3.63, 3.8) is 0 Å². The van der Waals surface area contributed by atoms with E-state index in [1.807, 2.05) is 22.7 Å². The van der Waals surface area contributed by atoms with Crippen LogP contribution in [-0.2, 0) is 7.05 Å². The first-order valence-electron chi connectivity index (χ1n) is 11.3. The minimum atomic E-state index is -0.489. The predicted molar refractivity (Wildman–Crippen MR) is 119 cm³/mol. The Kier molecular flexibility index (Phi) is 6.79. The Bertz CT molecular complexity index is 980. The number of hydrogen-bond donors (Lipinski definition) is 0. The molecule has 32 heavy (non-hydrogen) atoms. The van der Waals surface area contributed by atoms with Gasteiger partial charge in [0.1, 0.15) is 11.9 Å².